The average molecular weight is 222 g/mol. The van der Waals surface area contributed by atoms with Gasteiger partial charge in [-0.25, -0.2) is 9.59 Å². The highest BCUT2D eigenvalue weighted by Gasteiger charge is 2.29. The molecule has 0 aromatic carbocycles. The second-order valence-corrected chi connectivity index (χ2v) is 1.57. The zero-order valence-corrected chi connectivity index (χ0v) is 6.76. The first-order valence-corrected chi connectivity index (χ1v) is 2.28. The second kappa shape index (κ2) is 11.7. The number of aliphatic carboxylic acids is 2. The van der Waals surface area contributed by atoms with Gasteiger partial charge in [0.1, 0.15) is 0 Å². The Balaban J connectivity index is -0.0000000675. The van der Waals surface area contributed by atoms with Crippen LogP contribution in [0.3, 0.4) is 0 Å². The number of carbonyl (C=O) groups is 2. The molecule has 10 heteroatoms. The minimum atomic E-state index is -2.27. The van der Waals surface area contributed by atoms with Gasteiger partial charge in [-0.2, -0.15) is 0 Å². The van der Waals surface area contributed by atoms with Crippen LogP contribution < -0.4 is 0 Å². The molecule has 0 bridgehead atoms. The summed E-state index contributed by atoms with van der Waals surface area (Å²) in [5.41, 5.74) is 0. The summed E-state index contributed by atoms with van der Waals surface area (Å²) in [6, 6.07) is 0. The monoisotopic (exact) mass is 222 g/mol. The Hall–Kier alpha value is -1.30. The van der Waals surface area contributed by atoms with Crippen molar-refractivity contribution in [2.75, 3.05) is 0 Å². The van der Waals surface area contributed by atoms with Crippen LogP contribution in [-0.4, -0.2) is 66.5 Å². The van der Waals surface area contributed by atoms with Crippen molar-refractivity contribution in [3.8, 4) is 0 Å². The van der Waals surface area contributed by atoms with Crippen molar-refractivity contribution in [2.24, 2.45) is 0 Å². The van der Waals surface area contributed by atoms with Gasteiger partial charge in [-0.15, -0.1) is 0 Å². The van der Waals surface area contributed by atoms with E-state index in [0.29, 0.717) is 0 Å². The summed E-state index contributed by atoms with van der Waals surface area (Å²) in [6.45, 7) is 0. The number of carboxylic acids is 2. The van der Waals surface area contributed by atoms with Crippen LogP contribution in [0.5, 0.6) is 0 Å². The van der Waals surface area contributed by atoms with E-state index in [1.54, 1.807) is 0 Å². The van der Waals surface area contributed by atoms with Crippen LogP contribution in [0.2, 0.25) is 0 Å². The molecule has 90 valence electrons. The Kier molecular flexibility index (Phi) is 24.5. The van der Waals surface area contributed by atoms with Crippen molar-refractivity contribution in [2.45, 2.75) is 12.2 Å². The fraction of sp³-hybridized carbons (Fsp3) is 0.500. The summed E-state index contributed by atoms with van der Waals surface area (Å²) in [6.07, 6.45) is -4.53. The van der Waals surface area contributed by atoms with Gasteiger partial charge in [0.2, 0.25) is 0 Å². The molecule has 0 saturated heterocycles. The molecule has 0 fully saturated rings. The molecule has 0 heterocycles. The van der Waals surface area contributed by atoms with Crippen molar-refractivity contribution in [3.63, 3.8) is 0 Å². The summed E-state index contributed by atoms with van der Waals surface area (Å²) in [5.74, 6) is -3.54. The van der Waals surface area contributed by atoms with E-state index in [1.807, 2.05) is 0 Å². The van der Waals surface area contributed by atoms with Gasteiger partial charge in [-0.3, -0.25) is 0 Å². The fourth-order valence-corrected chi connectivity index (χ4v) is 0.270. The SMILES string of the molecule is O.O.O.O.O=C(O)[C@H](O)[C@@H](O)C(=O)O. The molecule has 0 rings (SSSR count). The zero-order chi connectivity index (χ0) is 8.31. The van der Waals surface area contributed by atoms with Crippen LogP contribution in [-0.2, 0) is 9.59 Å². The molecule has 12 N–H and O–H groups in total. The summed E-state index contributed by atoms with van der Waals surface area (Å²) in [4.78, 5) is 19.5. The standard InChI is InChI=1S/C4H6O6.4H2O/c5-1(3(7)8)2(6)4(9)10;;;;/h1-2,5-6H,(H,7,8)(H,9,10);4*1H2/t1-,2-;;;;/m1..../s1. The first kappa shape index (κ1) is 29.3. The van der Waals surface area contributed by atoms with Crippen molar-refractivity contribution in [1.29, 1.82) is 0 Å². The average Bonchev–Trinajstić information content (AvgIpc) is 1.84. The van der Waals surface area contributed by atoms with Gasteiger partial charge in [-0.1, -0.05) is 0 Å². The van der Waals surface area contributed by atoms with Crippen molar-refractivity contribution < 1.29 is 51.9 Å². The molecule has 0 aliphatic rings. The predicted molar refractivity (Wildman–Crippen MR) is 41.7 cm³/mol. The molecule has 0 radical (unpaired) electrons. The Morgan fingerprint density at radius 3 is 0.929 bits per heavy atom. The predicted octanol–water partition coefficient (Wildman–Crippen LogP) is -5.42. The maximum atomic E-state index is 9.77. The third-order valence-electron chi connectivity index (χ3n) is 0.805. The molecule has 10 nitrogen and oxygen atoms in total. The van der Waals surface area contributed by atoms with Crippen molar-refractivity contribution in [1.82, 2.24) is 0 Å². The molecular weight excluding hydrogens is 208 g/mol. The van der Waals surface area contributed by atoms with E-state index in [1.165, 1.54) is 0 Å². The van der Waals surface area contributed by atoms with Gasteiger partial charge in [-0.05, 0) is 0 Å². The van der Waals surface area contributed by atoms with Gasteiger partial charge in [0.15, 0.2) is 12.2 Å². The Labute approximate surface area is 77.3 Å². The number of rotatable bonds is 3. The van der Waals surface area contributed by atoms with Crippen LogP contribution in [0, 0.1) is 0 Å². The Morgan fingerprint density at radius 2 is 0.857 bits per heavy atom. The quantitative estimate of drug-likeness (QED) is 0.362. The lowest BCUT2D eigenvalue weighted by atomic mass is 10.2. The van der Waals surface area contributed by atoms with Crippen LogP contribution in [0.15, 0.2) is 0 Å². The first-order chi connectivity index (χ1) is 4.46. The van der Waals surface area contributed by atoms with Gasteiger partial charge < -0.3 is 42.3 Å². The molecule has 2 atom stereocenters. The molecule has 0 aliphatic carbocycles. The van der Waals surface area contributed by atoms with Gasteiger partial charge in [0, 0.05) is 0 Å². The molecule has 0 aromatic rings. The number of aliphatic hydroxyl groups excluding tert-OH is 2. The van der Waals surface area contributed by atoms with E-state index < -0.39 is 24.1 Å². The number of hydrogen-bond donors (Lipinski definition) is 4. The molecule has 0 spiro atoms. The van der Waals surface area contributed by atoms with Crippen LogP contribution in [0.1, 0.15) is 0 Å². The lowest BCUT2D eigenvalue weighted by Crippen LogP contribution is -2.39. The normalized spacial score (nSPS) is 11.3. The highest BCUT2D eigenvalue weighted by molar-refractivity contribution is 5.82. The molecule has 0 aliphatic heterocycles. The molecular formula is C4H14O10. The van der Waals surface area contributed by atoms with Gasteiger partial charge >= 0.3 is 11.9 Å². The fourth-order valence-electron chi connectivity index (χ4n) is 0.270. The van der Waals surface area contributed by atoms with Crippen LogP contribution >= 0.6 is 0 Å². The Morgan fingerprint density at radius 1 is 0.714 bits per heavy atom. The largest absolute Gasteiger partial charge is 0.479 e. The smallest absolute Gasteiger partial charge is 0.335 e. The molecule has 0 amide bonds. The van der Waals surface area contributed by atoms with Crippen molar-refractivity contribution >= 4 is 11.9 Å². The first-order valence-electron chi connectivity index (χ1n) is 2.28. The number of hydrogen-bond acceptors (Lipinski definition) is 4. The molecule has 0 saturated carbocycles. The summed E-state index contributed by atoms with van der Waals surface area (Å²) < 4.78 is 0. The third-order valence-corrected chi connectivity index (χ3v) is 0.805. The maximum Gasteiger partial charge on any atom is 0.335 e. The highest BCUT2D eigenvalue weighted by atomic mass is 16.4. The lowest BCUT2D eigenvalue weighted by Gasteiger charge is -2.07. The van der Waals surface area contributed by atoms with Crippen molar-refractivity contribution in [3.05, 3.63) is 0 Å². The van der Waals surface area contributed by atoms with E-state index in [4.69, 9.17) is 20.4 Å². The van der Waals surface area contributed by atoms with E-state index in [2.05, 4.69) is 0 Å². The minimum absolute atomic E-state index is 0. The van der Waals surface area contributed by atoms with Crippen LogP contribution in [0.25, 0.3) is 0 Å². The topological polar surface area (TPSA) is 241 Å². The maximum absolute atomic E-state index is 9.77. The van der Waals surface area contributed by atoms with E-state index in [9.17, 15) is 9.59 Å². The second-order valence-electron chi connectivity index (χ2n) is 1.57. The number of aliphatic hydroxyl groups is 2. The molecule has 14 heavy (non-hydrogen) atoms. The van der Waals surface area contributed by atoms with E-state index in [0.717, 1.165) is 0 Å². The minimum Gasteiger partial charge on any atom is -0.479 e. The molecule has 0 unspecified atom stereocenters. The summed E-state index contributed by atoms with van der Waals surface area (Å²) >= 11 is 0. The van der Waals surface area contributed by atoms with E-state index in [-0.39, 0.29) is 21.9 Å². The number of carboxylic acid groups (broad SMARTS) is 2. The third kappa shape index (κ3) is 8.79. The molecule has 0 aromatic heterocycles. The highest BCUT2D eigenvalue weighted by Crippen LogP contribution is 1.92. The van der Waals surface area contributed by atoms with Gasteiger partial charge in [0.25, 0.3) is 0 Å². The van der Waals surface area contributed by atoms with E-state index >= 15 is 0 Å². The van der Waals surface area contributed by atoms with Crippen LogP contribution in [0.4, 0.5) is 0 Å². The zero-order valence-electron chi connectivity index (χ0n) is 6.76. The summed E-state index contributed by atoms with van der Waals surface area (Å²) in [7, 11) is 0. The van der Waals surface area contributed by atoms with Gasteiger partial charge in [0.05, 0.1) is 0 Å². The summed E-state index contributed by atoms with van der Waals surface area (Å²) in [5, 5.41) is 32.5. The lowest BCUT2D eigenvalue weighted by molar-refractivity contribution is -0.165. The Bertz CT molecular complexity index is 136.